The molecule has 0 saturated carbocycles. The highest BCUT2D eigenvalue weighted by molar-refractivity contribution is 6.30. The van der Waals surface area contributed by atoms with Gasteiger partial charge in [-0.05, 0) is 35.9 Å². The van der Waals surface area contributed by atoms with E-state index in [-0.39, 0.29) is 12.5 Å². The van der Waals surface area contributed by atoms with Crippen LogP contribution < -0.4 is 9.64 Å². The van der Waals surface area contributed by atoms with Gasteiger partial charge < -0.3 is 14.5 Å². The Morgan fingerprint density at radius 1 is 1.17 bits per heavy atom. The van der Waals surface area contributed by atoms with Crippen LogP contribution in [0.5, 0.6) is 5.75 Å². The largest absolute Gasteiger partial charge is 0.483 e. The smallest absolute Gasteiger partial charge is 0.261 e. The first kappa shape index (κ1) is 15.7. The van der Waals surface area contributed by atoms with Gasteiger partial charge in [0.1, 0.15) is 5.75 Å². The molecule has 0 radical (unpaired) electrons. The summed E-state index contributed by atoms with van der Waals surface area (Å²) >= 11 is 6.06. The number of hydrogen-bond donors (Lipinski definition) is 0. The van der Waals surface area contributed by atoms with Gasteiger partial charge in [-0.25, -0.2) is 0 Å². The van der Waals surface area contributed by atoms with Gasteiger partial charge in [0.15, 0.2) is 6.61 Å². The molecule has 4 nitrogen and oxygen atoms in total. The van der Waals surface area contributed by atoms with Crippen molar-refractivity contribution in [3.63, 3.8) is 0 Å². The maximum Gasteiger partial charge on any atom is 0.261 e. The van der Waals surface area contributed by atoms with Crippen molar-refractivity contribution in [2.45, 2.75) is 13.1 Å². The Balaban J connectivity index is 1.79. The molecule has 0 bridgehead atoms. The van der Waals surface area contributed by atoms with E-state index in [1.165, 1.54) is 0 Å². The Bertz CT molecular complexity index is 713. The molecular weight excluding hydrogens is 312 g/mol. The fourth-order valence-corrected chi connectivity index (χ4v) is 2.80. The molecule has 0 aliphatic carbocycles. The molecule has 120 valence electrons. The third-order valence-corrected chi connectivity index (χ3v) is 4.15. The molecule has 1 heterocycles. The van der Waals surface area contributed by atoms with Gasteiger partial charge in [0.2, 0.25) is 0 Å². The van der Waals surface area contributed by atoms with E-state index in [4.69, 9.17) is 16.3 Å². The average molecular weight is 331 g/mol. The molecule has 2 aromatic carbocycles. The lowest BCUT2D eigenvalue weighted by Crippen LogP contribution is -2.31. The lowest BCUT2D eigenvalue weighted by Gasteiger charge is -2.21. The molecule has 23 heavy (non-hydrogen) atoms. The second-order valence-corrected chi connectivity index (χ2v) is 6.29. The number of hydrogen-bond acceptors (Lipinski definition) is 3. The van der Waals surface area contributed by atoms with Crippen molar-refractivity contribution in [2.24, 2.45) is 0 Å². The molecule has 0 N–H and O–H groups in total. The molecule has 3 rings (SSSR count). The first-order valence-electron chi connectivity index (χ1n) is 7.48. The van der Waals surface area contributed by atoms with Gasteiger partial charge in [-0.3, -0.25) is 4.79 Å². The van der Waals surface area contributed by atoms with E-state index in [9.17, 15) is 4.79 Å². The summed E-state index contributed by atoms with van der Waals surface area (Å²) in [5.74, 6) is 0.710. The van der Waals surface area contributed by atoms with Crippen molar-refractivity contribution >= 4 is 23.2 Å². The quantitative estimate of drug-likeness (QED) is 0.865. The van der Waals surface area contributed by atoms with Crippen LogP contribution in [-0.4, -0.2) is 31.5 Å². The average Bonchev–Trinajstić information content (AvgIpc) is 2.67. The fraction of sp³-hybridized carbons (Fsp3) is 0.278. The molecule has 0 fully saturated rings. The molecular formula is C18H19ClN2O2. The highest BCUT2D eigenvalue weighted by Crippen LogP contribution is 2.27. The zero-order chi connectivity index (χ0) is 16.4. The summed E-state index contributed by atoms with van der Waals surface area (Å²) in [6.45, 7) is 1.12. The molecule has 1 amide bonds. The van der Waals surface area contributed by atoms with Crippen molar-refractivity contribution in [3.05, 3.63) is 58.6 Å². The van der Waals surface area contributed by atoms with Crippen LogP contribution in [-0.2, 0) is 17.9 Å². The molecule has 0 atom stereocenters. The molecule has 0 spiro atoms. The molecule has 0 aromatic heterocycles. The van der Waals surface area contributed by atoms with Crippen molar-refractivity contribution in [1.82, 2.24) is 4.90 Å². The third kappa shape index (κ3) is 3.59. The Morgan fingerprint density at radius 3 is 2.61 bits per heavy atom. The van der Waals surface area contributed by atoms with E-state index < -0.39 is 0 Å². The Kier molecular flexibility index (Phi) is 4.44. The molecule has 2 aromatic rings. The topological polar surface area (TPSA) is 32.8 Å². The fourth-order valence-electron chi connectivity index (χ4n) is 2.60. The van der Waals surface area contributed by atoms with E-state index in [0.717, 1.165) is 22.6 Å². The predicted molar refractivity (Wildman–Crippen MR) is 92.0 cm³/mol. The zero-order valence-electron chi connectivity index (χ0n) is 13.3. The van der Waals surface area contributed by atoms with Crippen LogP contribution in [0.25, 0.3) is 0 Å². The van der Waals surface area contributed by atoms with Gasteiger partial charge in [-0.2, -0.15) is 0 Å². The molecule has 0 unspecified atom stereocenters. The Hall–Kier alpha value is -2.20. The normalized spacial score (nSPS) is 14.0. The second kappa shape index (κ2) is 6.50. The number of ether oxygens (including phenoxy) is 1. The standard InChI is InChI=1S/C18H19ClN2O2/c1-20(2)16-6-3-13(4-7-16)10-21-11-14-9-15(19)5-8-17(14)23-12-18(21)22/h3-9H,10-12H2,1-2H3. The second-order valence-electron chi connectivity index (χ2n) is 5.85. The van der Waals surface area contributed by atoms with Crippen LogP contribution in [0.4, 0.5) is 5.69 Å². The van der Waals surface area contributed by atoms with E-state index in [1.807, 2.05) is 43.3 Å². The molecule has 5 heteroatoms. The van der Waals surface area contributed by atoms with Crippen molar-refractivity contribution in [1.29, 1.82) is 0 Å². The van der Waals surface area contributed by atoms with E-state index in [0.29, 0.717) is 18.1 Å². The van der Waals surface area contributed by atoms with Crippen LogP contribution in [0.1, 0.15) is 11.1 Å². The SMILES string of the molecule is CN(C)c1ccc(CN2Cc3cc(Cl)ccc3OCC2=O)cc1. The number of nitrogens with zero attached hydrogens (tertiary/aromatic N) is 2. The number of carbonyl (C=O) groups is 1. The minimum absolute atomic E-state index is 0.0194. The van der Waals surface area contributed by atoms with E-state index >= 15 is 0 Å². The number of fused-ring (bicyclic) bond motifs is 1. The number of anilines is 1. The lowest BCUT2D eigenvalue weighted by molar-refractivity contribution is -0.133. The van der Waals surface area contributed by atoms with Crippen molar-refractivity contribution < 1.29 is 9.53 Å². The molecule has 1 aliphatic rings. The third-order valence-electron chi connectivity index (χ3n) is 3.91. The number of benzene rings is 2. The maximum absolute atomic E-state index is 12.3. The highest BCUT2D eigenvalue weighted by Gasteiger charge is 2.21. The first-order valence-corrected chi connectivity index (χ1v) is 7.86. The van der Waals surface area contributed by atoms with Gasteiger partial charge in [-0.15, -0.1) is 0 Å². The summed E-state index contributed by atoms with van der Waals surface area (Å²) < 4.78 is 5.58. The van der Waals surface area contributed by atoms with Gasteiger partial charge in [0.25, 0.3) is 5.91 Å². The first-order chi connectivity index (χ1) is 11.0. The van der Waals surface area contributed by atoms with E-state index in [2.05, 4.69) is 12.1 Å². The molecule has 0 saturated heterocycles. The minimum atomic E-state index is -0.0194. The van der Waals surface area contributed by atoms with Crippen molar-refractivity contribution in [2.75, 3.05) is 25.6 Å². The lowest BCUT2D eigenvalue weighted by atomic mass is 10.1. The summed E-state index contributed by atoms with van der Waals surface area (Å²) in [6, 6.07) is 13.7. The van der Waals surface area contributed by atoms with E-state index in [1.54, 1.807) is 11.0 Å². The van der Waals surface area contributed by atoms with Crippen LogP contribution >= 0.6 is 11.6 Å². The number of rotatable bonds is 3. The number of halogens is 1. The highest BCUT2D eigenvalue weighted by atomic mass is 35.5. The van der Waals surface area contributed by atoms with Gasteiger partial charge in [-0.1, -0.05) is 23.7 Å². The van der Waals surface area contributed by atoms with Crippen LogP contribution in [0.3, 0.4) is 0 Å². The summed E-state index contributed by atoms with van der Waals surface area (Å²) in [6.07, 6.45) is 0. The van der Waals surface area contributed by atoms with Crippen LogP contribution in [0, 0.1) is 0 Å². The Morgan fingerprint density at radius 2 is 1.91 bits per heavy atom. The summed E-state index contributed by atoms with van der Waals surface area (Å²) in [4.78, 5) is 16.2. The zero-order valence-corrected chi connectivity index (χ0v) is 14.0. The predicted octanol–water partition coefficient (Wildman–Crippen LogP) is 3.33. The molecule has 1 aliphatic heterocycles. The monoisotopic (exact) mass is 330 g/mol. The maximum atomic E-state index is 12.3. The summed E-state index contributed by atoms with van der Waals surface area (Å²) in [5.41, 5.74) is 3.17. The van der Waals surface area contributed by atoms with Crippen LogP contribution in [0.2, 0.25) is 5.02 Å². The summed E-state index contributed by atoms with van der Waals surface area (Å²) in [5, 5.41) is 0.650. The minimum Gasteiger partial charge on any atom is -0.483 e. The number of carbonyl (C=O) groups excluding carboxylic acids is 1. The van der Waals surface area contributed by atoms with Gasteiger partial charge in [0.05, 0.1) is 0 Å². The van der Waals surface area contributed by atoms with Crippen molar-refractivity contribution in [3.8, 4) is 5.75 Å². The van der Waals surface area contributed by atoms with Gasteiger partial charge >= 0.3 is 0 Å². The summed E-state index contributed by atoms with van der Waals surface area (Å²) in [7, 11) is 4.01. The Labute approximate surface area is 141 Å². The number of amides is 1. The van der Waals surface area contributed by atoms with Gasteiger partial charge in [0, 0.05) is 43.5 Å². The van der Waals surface area contributed by atoms with Crippen LogP contribution in [0.15, 0.2) is 42.5 Å².